The van der Waals surface area contributed by atoms with Crippen molar-refractivity contribution in [2.24, 2.45) is 0 Å². The van der Waals surface area contributed by atoms with Crippen molar-refractivity contribution in [3.05, 3.63) is 51.3 Å². The van der Waals surface area contributed by atoms with Crippen LogP contribution >= 0.6 is 0 Å². The first-order valence-corrected chi connectivity index (χ1v) is 4.71. The maximum absolute atomic E-state index is 11.7. The van der Waals surface area contributed by atoms with Crippen LogP contribution in [0.5, 0.6) is 0 Å². The molecule has 5 nitrogen and oxygen atoms in total. The van der Waals surface area contributed by atoms with Gasteiger partial charge in [0, 0.05) is 6.54 Å². The van der Waals surface area contributed by atoms with Crippen LogP contribution in [0.25, 0.3) is 5.69 Å². The smallest absolute Gasteiger partial charge is 0.246 e. The molecular weight excluding hydrogens is 194 g/mol. The Hall–Kier alpha value is -2.04. The minimum Gasteiger partial charge on any atom is -0.246 e. The Morgan fingerprint density at radius 1 is 1.20 bits per heavy atom. The van der Waals surface area contributed by atoms with E-state index in [9.17, 15) is 9.59 Å². The van der Waals surface area contributed by atoms with Gasteiger partial charge in [-0.1, -0.05) is 18.2 Å². The lowest BCUT2D eigenvalue weighted by Crippen LogP contribution is -2.27. The van der Waals surface area contributed by atoms with Gasteiger partial charge < -0.3 is 0 Å². The molecule has 0 radical (unpaired) electrons. The van der Waals surface area contributed by atoms with Crippen LogP contribution in [0.3, 0.4) is 0 Å². The molecule has 0 saturated heterocycles. The number of hydrogen-bond acceptors (Lipinski definition) is 2. The molecule has 0 fully saturated rings. The van der Waals surface area contributed by atoms with Gasteiger partial charge in [-0.2, -0.15) is 0 Å². The van der Waals surface area contributed by atoms with Crippen molar-refractivity contribution < 1.29 is 0 Å². The lowest BCUT2D eigenvalue weighted by atomic mass is 10.3. The Kier molecular flexibility index (Phi) is 2.29. The molecule has 5 heteroatoms. The van der Waals surface area contributed by atoms with Crippen LogP contribution in [0.1, 0.15) is 6.92 Å². The number of benzene rings is 1. The maximum atomic E-state index is 11.7. The van der Waals surface area contributed by atoms with Crippen molar-refractivity contribution in [1.29, 1.82) is 0 Å². The molecule has 1 heterocycles. The Bertz CT molecular complexity index is 562. The largest absolute Gasteiger partial charge is 0.351 e. The Labute approximate surface area is 85.6 Å². The number of para-hydroxylation sites is 1. The van der Waals surface area contributed by atoms with Crippen LogP contribution in [0.4, 0.5) is 0 Å². The van der Waals surface area contributed by atoms with E-state index in [1.807, 2.05) is 18.2 Å². The summed E-state index contributed by atoms with van der Waals surface area (Å²) < 4.78 is 2.39. The van der Waals surface area contributed by atoms with Gasteiger partial charge in [0.2, 0.25) is 0 Å². The average molecular weight is 205 g/mol. The number of H-pyrrole nitrogens is 1. The second-order valence-corrected chi connectivity index (χ2v) is 3.11. The second kappa shape index (κ2) is 3.61. The summed E-state index contributed by atoms with van der Waals surface area (Å²) in [6.45, 7) is 2.12. The fourth-order valence-electron chi connectivity index (χ4n) is 1.44. The van der Waals surface area contributed by atoms with Gasteiger partial charge in [-0.3, -0.25) is 0 Å². The van der Waals surface area contributed by atoms with Gasteiger partial charge in [-0.25, -0.2) is 23.9 Å². The molecule has 1 N–H and O–H groups in total. The first kappa shape index (κ1) is 9.51. The number of hydrogen-bond donors (Lipinski definition) is 1. The molecular formula is C10H11N3O2. The second-order valence-electron chi connectivity index (χ2n) is 3.11. The summed E-state index contributed by atoms with van der Waals surface area (Å²) in [6.07, 6.45) is 0. The molecule has 0 spiro atoms. The monoisotopic (exact) mass is 205 g/mol. The van der Waals surface area contributed by atoms with Crippen LogP contribution in [-0.2, 0) is 6.54 Å². The first-order valence-electron chi connectivity index (χ1n) is 4.71. The summed E-state index contributed by atoms with van der Waals surface area (Å²) in [5.41, 5.74) is -0.0631. The van der Waals surface area contributed by atoms with Crippen LogP contribution < -0.4 is 11.4 Å². The third-order valence-corrected chi connectivity index (χ3v) is 2.21. The Morgan fingerprint density at radius 2 is 1.87 bits per heavy atom. The fourth-order valence-corrected chi connectivity index (χ4v) is 1.44. The summed E-state index contributed by atoms with van der Waals surface area (Å²) in [5, 5.41) is 2.49. The summed E-state index contributed by atoms with van der Waals surface area (Å²) >= 11 is 0. The van der Waals surface area contributed by atoms with Gasteiger partial charge in [-0.05, 0) is 19.1 Å². The number of aromatic amines is 1. The van der Waals surface area contributed by atoms with Crippen LogP contribution in [0.15, 0.2) is 39.9 Å². The molecule has 2 aromatic rings. The highest BCUT2D eigenvalue weighted by Gasteiger charge is 2.07. The molecule has 1 aromatic carbocycles. The number of rotatable bonds is 2. The molecule has 0 bridgehead atoms. The van der Waals surface area contributed by atoms with E-state index in [2.05, 4.69) is 5.10 Å². The average Bonchev–Trinajstić information content (AvgIpc) is 2.55. The van der Waals surface area contributed by atoms with Gasteiger partial charge in [0.25, 0.3) is 0 Å². The highest BCUT2D eigenvalue weighted by atomic mass is 16.2. The zero-order valence-corrected chi connectivity index (χ0v) is 8.30. The summed E-state index contributed by atoms with van der Waals surface area (Å²) in [7, 11) is 0. The normalized spacial score (nSPS) is 10.5. The number of nitrogens with zero attached hydrogens (tertiary/aromatic N) is 2. The third kappa shape index (κ3) is 1.52. The van der Waals surface area contributed by atoms with Gasteiger partial charge in [0.05, 0.1) is 5.69 Å². The molecule has 0 atom stereocenters. The first-order chi connectivity index (χ1) is 7.24. The predicted octanol–water partition coefficient (Wildman–Crippen LogP) is 0.347. The molecule has 2 rings (SSSR count). The van der Waals surface area contributed by atoms with E-state index in [4.69, 9.17) is 0 Å². The fraction of sp³-hybridized carbons (Fsp3) is 0.200. The summed E-state index contributed by atoms with van der Waals surface area (Å²) in [6, 6.07) is 8.99. The van der Waals surface area contributed by atoms with Gasteiger partial charge in [0.15, 0.2) is 0 Å². The van der Waals surface area contributed by atoms with Gasteiger partial charge in [0.1, 0.15) is 0 Å². The zero-order valence-electron chi connectivity index (χ0n) is 8.30. The van der Waals surface area contributed by atoms with E-state index >= 15 is 0 Å². The highest BCUT2D eigenvalue weighted by Crippen LogP contribution is 1.99. The van der Waals surface area contributed by atoms with Crippen molar-refractivity contribution in [1.82, 2.24) is 14.3 Å². The van der Waals surface area contributed by atoms with Crippen molar-refractivity contribution >= 4 is 0 Å². The lowest BCUT2D eigenvalue weighted by Gasteiger charge is -1.98. The Morgan fingerprint density at radius 3 is 2.40 bits per heavy atom. The topological polar surface area (TPSA) is 59.8 Å². The highest BCUT2D eigenvalue weighted by molar-refractivity contribution is 5.29. The quantitative estimate of drug-likeness (QED) is 0.768. The van der Waals surface area contributed by atoms with Gasteiger partial charge in [-0.15, -0.1) is 0 Å². The maximum Gasteiger partial charge on any atom is 0.351 e. The standard InChI is InChI=1S/C10H11N3O2/c1-2-12-9(14)11-13(10(12)15)8-6-4-3-5-7-8/h3-7H,2H2,1H3,(H,11,14). The van der Waals surface area contributed by atoms with E-state index < -0.39 is 0 Å². The number of aromatic nitrogens is 3. The summed E-state index contributed by atoms with van der Waals surface area (Å²) in [5.74, 6) is 0. The van der Waals surface area contributed by atoms with Crippen LogP contribution in [0, 0.1) is 0 Å². The molecule has 1 aromatic heterocycles. The van der Waals surface area contributed by atoms with Crippen molar-refractivity contribution in [3.63, 3.8) is 0 Å². The molecule has 0 aliphatic rings. The Balaban J connectivity index is 2.66. The molecule has 0 amide bonds. The van der Waals surface area contributed by atoms with E-state index in [0.29, 0.717) is 12.2 Å². The van der Waals surface area contributed by atoms with Crippen LogP contribution in [-0.4, -0.2) is 14.3 Å². The van der Waals surface area contributed by atoms with E-state index in [1.165, 1.54) is 4.68 Å². The molecule has 0 aliphatic heterocycles. The molecule has 0 saturated carbocycles. The molecule has 15 heavy (non-hydrogen) atoms. The minimum atomic E-state index is -0.383. The molecule has 78 valence electrons. The third-order valence-electron chi connectivity index (χ3n) is 2.21. The SMILES string of the molecule is CCn1c(=O)[nH]n(-c2ccccc2)c1=O. The van der Waals surface area contributed by atoms with E-state index in [1.54, 1.807) is 19.1 Å². The molecule has 0 unspecified atom stereocenters. The van der Waals surface area contributed by atoms with Gasteiger partial charge >= 0.3 is 11.4 Å². The summed E-state index contributed by atoms with van der Waals surface area (Å²) in [4.78, 5) is 23.1. The van der Waals surface area contributed by atoms with Crippen molar-refractivity contribution in [3.8, 4) is 5.69 Å². The van der Waals surface area contributed by atoms with E-state index in [0.717, 1.165) is 4.57 Å². The lowest BCUT2D eigenvalue weighted by molar-refractivity contribution is 0.695. The van der Waals surface area contributed by atoms with E-state index in [-0.39, 0.29) is 11.4 Å². The van der Waals surface area contributed by atoms with Crippen LogP contribution in [0.2, 0.25) is 0 Å². The number of nitrogens with one attached hydrogen (secondary N) is 1. The van der Waals surface area contributed by atoms with Crippen molar-refractivity contribution in [2.45, 2.75) is 13.5 Å². The van der Waals surface area contributed by atoms with Crippen molar-refractivity contribution in [2.75, 3.05) is 0 Å². The minimum absolute atomic E-state index is 0.339. The predicted molar refractivity (Wildman–Crippen MR) is 56.3 cm³/mol. The zero-order chi connectivity index (χ0) is 10.8. The molecule has 0 aliphatic carbocycles.